The minimum Gasteiger partial charge on any atom is -0.325 e. The number of anilines is 1. The molecular formula is C15H26Cl2N4O3S. The van der Waals surface area contributed by atoms with Crippen LogP contribution in [0.3, 0.4) is 0 Å². The lowest BCUT2D eigenvalue weighted by molar-refractivity contribution is -0.117. The topological polar surface area (TPSA) is 95.7 Å². The maximum Gasteiger partial charge on any atom is 0.243 e. The molecule has 1 fully saturated rings. The van der Waals surface area contributed by atoms with Crippen molar-refractivity contribution in [2.24, 2.45) is 5.73 Å². The van der Waals surface area contributed by atoms with Crippen molar-refractivity contribution in [3.05, 3.63) is 24.3 Å². The van der Waals surface area contributed by atoms with Gasteiger partial charge in [0.15, 0.2) is 0 Å². The molecule has 0 spiro atoms. The molecule has 2 rings (SSSR count). The van der Waals surface area contributed by atoms with E-state index >= 15 is 0 Å². The Labute approximate surface area is 161 Å². The summed E-state index contributed by atoms with van der Waals surface area (Å²) in [5, 5.41) is 2.62. The second kappa shape index (κ2) is 10.3. The van der Waals surface area contributed by atoms with Gasteiger partial charge in [-0.3, -0.25) is 4.79 Å². The van der Waals surface area contributed by atoms with Crippen molar-refractivity contribution in [3.8, 4) is 0 Å². The second-order valence-electron chi connectivity index (χ2n) is 5.87. The van der Waals surface area contributed by atoms with E-state index in [0.717, 1.165) is 13.0 Å². The van der Waals surface area contributed by atoms with Crippen LogP contribution in [0.5, 0.6) is 0 Å². The van der Waals surface area contributed by atoms with Gasteiger partial charge in [-0.25, -0.2) is 8.42 Å². The lowest BCUT2D eigenvalue weighted by Crippen LogP contribution is -2.35. The SMILES string of the molecule is CC(N)C(=O)Nc1cccc(S(=O)(=O)N2CCCN(C)CC2)c1.Cl.Cl. The summed E-state index contributed by atoms with van der Waals surface area (Å²) in [5.41, 5.74) is 5.94. The van der Waals surface area contributed by atoms with Gasteiger partial charge in [-0.15, -0.1) is 24.8 Å². The van der Waals surface area contributed by atoms with E-state index in [1.165, 1.54) is 10.4 Å². The highest BCUT2D eigenvalue weighted by Crippen LogP contribution is 2.21. The van der Waals surface area contributed by atoms with E-state index < -0.39 is 16.1 Å². The Morgan fingerprint density at radius 2 is 1.88 bits per heavy atom. The van der Waals surface area contributed by atoms with E-state index in [1.54, 1.807) is 25.1 Å². The lowest BCUT2D eigenvalue weighted by Gasteiger charge is -2.20. The van der Waals surface area contributed by atoms with Gasteiger partial charge in [0.25, 0.3) is 0 Å². The number of benzene rings is 1. The molecule has 1 aliphatic heterocycles. The van der Waals surface area contributed by atoms with E-state index in [0.29, 0.717) is 25.3 Å². The molecule has 3 N–H and O–H groups in total. The molecule has 0 bridgehead atoms. The van der Waals surface area contributed by atoms with E-state index in [2.05, 4.69) is 10.2 Å². The van der Waals surface area contributed by atoms with Gasteiger partial charge in [-0.05, 0) is 45.1 Å². The number of sulfonamides is 1. The quantitative estimate of drug-likeness (QED) is 0.772. The second-order valence-corrected chi connectivity index (χ2v) is 7.80. The predicted molar refractivity (Wildman–Crippen MR) is 104 cm³/mol. The molecule has 1 aromatic rings. The van der Waals surface area contributed by atoms with Gasteiger partial charge in [0, 0.05) is 25.3 Å². The number of nitrogens with zero attached hydrogens (tertiary/aromatic N) is 2. The summed E-state index contributed by atoms with van der Waals surface area (Å²) in [6, 6.07) is 5.63. The molecule has 0 aromatic heterocycles. The Morgan fingerprint density at radius 1 is 1.20 bits per heavy atom. The monoisotopic (exact) mass is 412 g/mol. The van der Waals surface area contributed by atoms with Crippen molar-refractivity contribution in [2.45, 2.75) is 24.3 Å². The van der Waals surface area contributed by atoms with E-state index in [-0.39, 0.29) is 35.6 Å². The molecule has 7 nitrogen and oxygen atoms in total. The van der Waals surface area contributed by atoms with Crippen LogP contribution in [0.2, 0.25) is 0 Å². The largest absolute Gasteiger partial charge is 0.325 e. The molecule has 1 saturated heterocycles. The molecule has 0 radical (unpaired) electrons. The first-order chi connectivity index (χ1) is 10.8. The number of amides is 1. The molecular weight excluding hydrogens is 387 g/mol. The number of likely N-dealkylation sites (N-methyl/N-ethyl adjacent to an activating group) is 1. The maximum absolute atomic E-state index is 12.8. The molecule has 1 heterocycles. The average molecular weight is 413 g/mol. The fourth-order valence-electron chi connectivity index (χ4n) is 2.40. The van der Waals surface area contributed by atoms with Crippen molar-refractivity contribution >= 4 is 46.4 Å². The van der Waals surface area contributed by atoms with Crippen LogP contribution in [0, 0.1) is 0 Å². The first kappa shape index (κ1) is 24.1. The smallest absolute Gasteiger partial charge is 0.243 e. The predicted octanol–water partition coefficient (Wildman–Crippen LogP) is 1.14. The Morgan fingerprint density at radius 3 is 2.52 bits per heavy atom. The van der Waals surface area contributed by atoms with Crippen LogP contribution >= 0.6 is 24.8 Å². The van der Waals surface area contributed by atoms with Crippen LogP contribution in [-0.4, -0.2) is 62.8 Å². The van der Waals surface area contributed by atoms with E-state index in [9.17, 15) is 13.2 Å². The van der Waals surface area contributed by atoms with Gasteiger partial charge in [0.1, 0.15) is 0 Å². The number of rotatable bonds is 4. The number of carbonyl (C=O) groups is 1. The first-order valence-electron chi connectivity index (χ1n) is 7.66. The number of halogens is 2. The number of hydrogen-bond acceptors (Lipinski definition) is 5. The highest BCUT2D eigenvalue weighted by Gasteiger charge is 2.26. The third kappa shape index (κ3) is 6.40. The Balaban J connectivity index is 0.00000288. The zero-order valence-corrected chi connectivity index (χ0v) is 16.8. The summed E-state index contributed by atoms with van der Waals surface area (Å²) in [6.07, 6.45) is 0.802. The summed E-state index contributed by atoms with van der Waals surface area (Å²) in [6.45, 7) is 4.14. The van der Waals surface area contributed by atoms with Crippen molar-refractivity contribution in [1.29, 1.82) is 0 Å². The summed E-state index contributed by atoms with van der Waals surface area (Å²) < 4.78 is 27.1. The number of carbonyl (C=O) groups excluding carboxylic acids is 1. The van der Waals surface area contributed by atoms with Crippen LogP contribution in [0.25, 0.3) is 0 Å². The molecule has 144 valence electrons. The van der Waals surface area contributed by atoms with Gasteiger partial charge in [0.2, 0.25) is 15.9 Å². The van der Waals surface area contributed by atoms with Gasteiger partial charge in [-0.1, -0.05) is 6.07 Å². The van der Waals surface area contributed by atoms with Crippen LogP contribution < -0.4 is 11.1 Å². The fourth-order valence-corrected chi connectivity index (χ4v) is 3.92. The first-order valence-corrected chi connectivity index (χ1v) is 9.10. The van der Waals surface area contributed by atoms with Crippen LogP contribution in [0.15, 0.2) is 29.2 Å². The summed E-state index contributed by atoms with van der Waals surface area (Å²) in [5.74, 6) is -0.351. The Kier molecular flexibility index (Phi) is 9.93. The molecule has 10 heteroatoms. The molecule has 0 aliphatic carbocycles. The highest BCUT2D eigenvalue weighted by atomic mass is 35.5. The Hall–Kier alpha value is -0.900. The van der Waals surface area contributed by atoms with Crippen molar-refractivity contribution in [1.82, 2.24) is 9.21 Å². The van der Waals surface area contributed by atoms with E-state index in [4.69, 9.17) is 5.73 Å². The highest BCUT2D eigenvalue weighted by molar-refractivity contribution is 7.89. The van der Waals surface area contributed by atoms with Gasteiger partial charge < -0.3 is 16.0 Å². The van der Waals surface area contributed by atoms with Gasteiger partial charge in [-0.2, -0.15) is 4.31 Å². The standard InChI is InChI=1S/C15H24N4O3S.2ClH/c1-12(16)15(20)17-13-5-3-6-14(11-13)23(21,22)19-8-4-7-18(2)9-10-19;;/h3,5-6,11-12H,4,7-10,16H2,1-2H3,(H,17,20);2*1H. The third-order valence-corrected chi connectivity index (χ3v) is 5.73. The number of nitrogens with one attached hydrogen (secondary N) is 1. The zero-order chi connectivity index (χ0) is 17.0. The molecule has 1 aromatic carbocycles. The zero-order valence-electron chi connectivity index (χ0n) is 14.3. The normalized spacial score (nSPS) is 17.6. The molecule has 1 amide bonds. The Bertz CT molecular complexity index is 670. The number of hydrogen-bond donors (Lipinski definition) is 2. The minimum atomic E-state index is -3.56. The van der Waals surface area contributed by atoms with Gasteiger partial charge in [0.05, 0.1) is 10.9 Å². The van der Waals surface area contributed by atoms with Crippen LogP contribution in [0.4, 0.5) is 5.69 Å². The van der Waals surface area contributed by atoms with Crippen molar-refractivity contribution < 1.29 is 13.2 Å². The fraction of sp³-hybridized carbons (Fsp3) is 0.533. The van der Waals surface area contributed by atoms with Crippen LogP contribution in [-0.2, 0) is 14.8 Å². The summed E-state index contributed by atoms with van der Waals surface area (Å²) >= 11 is 0. The molecule has 1 aliphatic rings. The van der Waals surface area contributed by atoms with Crippen molar-refractivity contribution in [2.75, 3.05) is 38.5 Å². The van der Waals surface area contributed by atoms with Crippen LogP contribution in [0.1, 0.15) is 13.3 Å². The minimum absolute atomic E-state index is 0. The maximum atomic E-state index is 12.8. The third-order valence-electron chi connectivity index (χ3n) is 3.83. The summed E-state index contributed by atoms with van der Waals surface area (Å²) in [7, 11) is -1.58. The number of nitrogens with two attached hydrogens (primary N) is 1. The molecule has 25 heavy (non-hydrogen) atoms. The average Bonchev–Trinajstić information content (AvgIpc) is 2.72. The van der Waals surface area contributed by atoms with Crippen molar-refractivity contribution in [3.63, 3.8) is 0 Å². The summed E-state index contributed by atoms with van der Waals surface area (Å²) in [4.78, 5) is 14.0. The van der Waals surface area contributed by atoms with E-state index in [1.807, 2.05) is 7.05 Å². The molecule has 0 saturated carbocycles. The molecule has 1 atom stereocenters. The van der Waals surface area contributed by atoms with Gasteiger partial charge >= 0.3 is 0 Å². The molecule has 1 unspecified atom stereocenters. The lowest BCUT2D eigenvalue weighted by atomic mass is 10.3.